The summed E-state index contributed by atoms with van der Waals surface area (Å²) in [6.07, 6.45) is 2.98. The first-order valence-corrected chi connectivity index (χ1v) is 19.7. The number of carboxylic acids is 1. The molecule has 0 bridgehead atoms. The van der Waals surface area contributed by atoms with Crippen molar-refractivity contribution in [2.45, 2.75) is 129 Å². The van der Waals surface area contributed by atoms with Crippen molar-refractivity contribution in [3.8, 4) is 0 Å². The van der Waals surface area contributed by atoms with Gasteiger partial charge in [0.2, 0.25) is 11.8 Å². The van der Waals surface area contributed by atoms with Crippen LogP contribution in [0.25, 0.3) is 0 Å². The van der Waals surface area contributed by atoms with Crippen molar-refractivity contribution in [2.24, 2.45) is 29.6 Å². The third-order valence-electron chi connectivity index (χ3n) is 12.6. The van der Waals surface area contributed by atoms with Gasteiger partial charge in [0.15, 0.2) is 5.78 Å². The van der Waals surface area contributed by atoms with Crippen LogP contribution in [0.4, 0.5) is 0 Å². The van der Waals surface area contributed by atoms with E-state index in [-0.39, 0.29) is 66.9 Å². The van der Waals surface area contributed by atoms with E-state index in [4.69, 9.17) is 9.47 Å². The van der Waals surface area contributed by atoms with Crippen LogP contribution < -0.4 is 0 Å². The van der Waals surface area contributed by atoms with Gasteiger partial charge in [-0.1, -0.05) is 71.4 Å². The minimum Gasteiger partial charge on any atom is -0.481 e. The van der Waals surface area contributed by atoms with E-state index < -0.39 is 47.5 Å². The van der Waals surface area contributed by atoms with Crippen molar-refractivity contribution in [2.75, 3.05) is 41.4 Å². The summed E-state index contributed by atoms with van der Waals surface area (Å²) < 4.78 is 12.0. The van der Waals surface area contributed by atoms with Gasteiger partial charge in [-0.3, -0.25) is 28.9 Å². The topological polar surface area (TPSA) is 134 Å². The summed E-state index contributed by atoms with van der Waals surface area (Å²) in [5.74, 6) is -3.46. The first-order valence-electron chi connectivity index (χ1n) is 19.7. The van der Waals surface area contributed by atoms with E-state index in [1.807, 2.05) is 58.2 Å². The highest BCUT2D eigenvalue weighted by Crippen LogP contribution is 2.34. The third-order valence-corrected chi connectivity index (χ3v) is 12.6. The molecule has 0 aliphatic carbocycles. The number of aliphatic carboxylic acids is 1. The zero-order chi connectivity index (χ0) is 39.6. The standard InChI is InChI=1S/C42H67N3O8/c1-11-28(4)38(44(8)40(49)32(27(2)3)25-36(47)42(6)20-16-21-43(42)7)35(52-9)26-37(48)45-22-15-19-33(45)39(53-10)29(5)34(46)24-31(41(50)51)23-30-17-13-12-14-18-30/h12-14,17-18,27-29,31-33,35,38-39H,11,15-16,19-26H2,1-10H3,(H,50,51)/t28-,29-,31+,32-,33-,35+,38-,39+,42+/m0/s1. The lowest BCUT2D eigenvalue weighted by atomic mass is 9.81. The second-order valence-electron chi connectivity index (χ2n) is 16.3. The molecule has 2 aliphatic heterocycles. The Labute approximate surface area is 318 Å². The maximum atomic E-state index is 14.3. The van der Waals surface area contributed by atoms with Crippen LogP contribution in [-0.4, -0.2) is 120 Å². The Morgan fingerprint density at radius 1 is 0.962 bits per heavy atom. The number of rotatable bonds is 21. The largest absolute Gasteiger partial charge is 0.481 e. The third kappa shape index (κ3) is 10.8. The van der Waals surface area contributed by atoms with Crippen LogP contribution in [0.5, 0.6) is 0 Å². The minimum absolute atomic E-state index is 0.000468. The lowest BCUT2D eigenvalue weighted by molar-refractivity contribution is -0.149. The number of carbonyl (C=O) groups is 5. The quantitative estimate of drug-likeness (QED) is 0.173. The molecule has 1 N–H and O–H groups in total. The molecule has 1 aromatic rings. The van der Waals surface area contributed by atoms with E-state index in [0.29, 0.717) is 13.0 Å². The van der Waals surface area contributed by atoms with Crippen LogP contribution in [0.2, 0.25) is 0 Å². The number of benzene rings is 1. The van der Waals surface area contributed by atoms with Crippen LogP contribution in [-0.2, 0) is 39.9 Å². The smallest absolute Gasteiger partial charge is 0.307 e. The van der Waals surface area contributed by atoms with Crippen LogP contribution in [0.3, 0.4) is 0 Å². The molecule has 2 fully saturated rings. The Hall–Kier alpha value is -3.15. The summed E-state index contributed by atoms with van der Waals surface area (Å²) in [4.78, 5) is 73.5. The Morgan fingerprint density at radius 3 is 2.15 bits per heavy atom. The van der Waals surface area contributed by atoms with Gasteiger partial charge < -0.3 is 24.4 Å². The van der Waals surface area contributed by atoms with Gasteiger partial charge in [0.1, 0.15) is 5.78 Å². The number of carboxylic acid groups (broad SMARTS) is 1. The molecule has 2 saturated heterocycles. The highest BCUT2D eigenvalue weighted by atomic mass is 16.5. The summed E-state index contributed by atoms with van der Waals surface area (Å²) in [7, 11) is 6.85. The zero-order valence-electron chi connectivity index (χ0n) is 34.0. The highest BCUT2D eigenvalue weighted by Gasteiger charge is 2.45. The molecule has 2 aliphatic rings. The van der Waals surface area contributed by atoms with E-state index in [2.05, 4.69) is 18.7 Å². The average molecular weight is 742 g/mol. The number of carbonyl (C=O) groups excluding carboxylic acids is 4. The zero-order valence-corrected chi connectivity index (χ0v) is 34.0. The fourth-order valence-electron chi connectivity index (χ4n) is 8.65. The molecule has 2 heterocycles. The number of ether oxygens (including phenoxy) is 2. The minimum atomic E-state index is -1.02. The van der Waals surface area contributed by atoms with Crippen molar-refractivity contribution in [3.63, 3.8) is 0 Å². The molecule has 53 heavy (non-hydrogen) atoms. The summed E-state index contributed by atoms with van der Waals surface area (Å²) in [5, 5.41) is 9.94. The van der Waals surface area contributed by atoms with Gasteiger partial charge >= 0.3 is 5.97 Å². The van der Waals surface area contributed by atoms with Crippen molar-refractivity contribution < 1.29 is 38.6 Å². The van der Waals surface area contributed by atoms with E-state index in [0.717, 1.165) is 37.8 Å². The van der Waals surface area contributed by atoms with Gasteiger partial charge in [0.05, 0.1) is 42.2 Å². The molecule has 2 amide bonds. The summed E-state index contributed by atoms with van der Waals surface area (Å²) in [6.45, 7) is 13.2. The molecule has 0 aromatic heterocycles. The number of nitrogens with zero attached hydrogens (tertiary/aromatic N) is 3. The maximum absolute atomic E-state index is 14.3. The Kier molecular flexibility index (Phi) is 16.7. The molecule has 11 heteroatoms. The SMILES string of the molecule is CC[C@H](C)[C@@H]([C@@H](CC(=O)N1CCC[C@H]1[C@H](OC)[C@@H](C)C(=O)C[C@@H](Cc1ccccc1)C(=O)O)OC)N(C)C(=O)[C@@H](CC(=O)[C@@]1(C)CCCN1C)C(C)C. The van der Waals surface area contributed by atoms with E-state index in [1.54, 1.807) is 30.9 Å². The first kappa shape index (κ1) is 44.2. The molecule has 11 nitrogen and oxygen atoms in total. The number of methoxy groups -OCH3 is 2. The van der Waals surface area contributed by atoms with Crippen LogP contribution in [0.15, 0.2) is 30.3 Å². The van der Waals surface area contributed by atoms with Crippen LogP contribution >= 0.6 is 0 Å². The summed E-state index contributed by atoms with van der Waals surface area (Å²) in [5.41, 5.74) is 0.282. The number of Topliss-reactive ketones (excluding diaryl/α,β-unsaturated/α-hetero) is 2. The van der Waals surface area contributed by atoms with Crippen molar-refractivity contribution >= 4 is 29.4 Å². The predicted octanol–water partition coefficient (Wildman–Crippen LogP) is 5.53. The number of amides is 2. The van der Waals surface area contributed by atoms with Crippen LogP contribution in [0.1, 0.15) is 98.5 Å². The van der Waals surface area contributed by atoms with Gasteiger partial charge in [-0.25, -0.2) is 0 Å². The number of hydrogen-bond donors (Lipinski definition) is 1. The molecule has 3 rings (SSSR count). The van der Waals surface area contributed by atoms with Gasteiger partial charge in [-0.15, -0.1) is 0 Å². The number of likely N-dealkylation sites (N-methyl/N-ethyl adjacent to an activating group) is 2. The molecular formula is C42H67N3O8. The van der Waals surface area contributed by atoms with Crippen LogP contribution in [0, 0.1) is 29.6 Å². The summed E-state index contributed by atoms with van der Waals surface area (Å²) in [6, 6.07) is 8.50. The Bertz CT molecular complexity index is 1390. The Morgan fingerprint density at radius 2 is 1.62 bits per heavy atom. The molecule has 0 spiro atoms. The number of likely N-dealkylation sites (tertiary alicyclic amines) is 2. The average Bonchev–Trinajstić information content (AvgIpc) is 3.76. The molecule has 0 radical (unpaired) electrons. The van der Waals surface area contributed by atoms with Gasteiger partial charge in [-0.2, -0.15) is 0 Å². The first-order chi connectivity index (χ1) is 25.0. The number of ketones is 2. The predicted molar refractivity (Wildman–Crippen MR) is 205 cm³/mol. The summed E-state index contributed by atoms with van der Waals surface area (Å²) >= 11 is 0. The fourth-order valence-corrected chi connectivity index (χ4v) is 8.65. The fraction of sp³-hybridized carbons (Fsp3) is 0.738. The van der Waals surface area contributed by atoms with E-state index in [1.165, 1.54) is 7.11 Å². The molecule has 9 atom stereocenters. The van der Waals surface area contributed by atoms with Gasteiger partial charge in [0.25, 0.3) is 0 Å². The Balaban J connectivity index is 1.77. The van der Waals surface area contributed by atoms with Crippen molar-refractivity contribution in [1.29, 1.82) is 0 Å². The molecular weight excluding hydrogens is 674 g/mol. The lowest BCUT2D eigenvalue weighted by Crippen LogP contribution is -2.54. The van der Waals surface area contributed by atoms with Gasteiger partial charge in [-0.05, 0) is 70.0 Å². The lowest BCUT2D eigenvalue weighted by Gasteiger charge is -2.41. The number of hydrogen-bond acceptors (Lipinski definition) is 8. The van der Waals surface area contributed by atoms with Crippen molar-refractivity contribution in [1.82, 2.24) is 14.7 Å². The molecule has 1 aromatic carbocycles. The second kappa shape index (κ2) is 20.0. The van der Waals surface area contributed by atoms with Gasteiger partial charge in [0, 0.05) is 52.5 Å². The molecule has 0 saturated carbocycles. The normalized spacial score (nSPS) is 23.2. The monoisotopic (exact) mass is 741 g/mol. The van der Waals surface area contributed by atoms with E-state index >= 15 is 0 Å². The second-order valence-corrected chi connectivity index (χ2v) is 16.3. The highest BCUT2D eigenvalue weighted by molar-refractivity contribution is 5.93. The van der Waals surface area contributed by atoms with E-state index in [9.17, 15) is 29.1 Å². The molecule has 298 valence electrons. The molecule has 0 unspecified atom stereocenters. The van der Waals surface area contributed by atoms with Crippen molar-refractivity contribution in [3.05, 3.63) is 35.9 Å². The maximum Gasteiger partial charge on any atom is 0.307 e.